The van der Waals surface area contributed by atoms with Crippen molar-refractivity contribution in [3.63, 3.8) is 0 Å². The van der Waals surface area contributed by atoms with Crippen molar-refractivity contribution in [2.75, 3.05) is 0 Å². The predicted octanol–water partition coefficient (Wildman–Crippen LogP) is 3.54. The molecule has 0 spiro atoms. The van der Waals surface area contributed by atoms with Crippen LogP contribution in [0.2, 0.25) is 0 Å². The topological polar surface area (TPSA) is 72.2 Å². The number of nitro groups is 1. The molecular weight excluding hydrogens is 256 g/mol. The van der Waals surface area contributed by atoms with E-state index in [9.17, 15) is 14.9 Å². The largest absolute Gasteiger partial charge is 0.349 e. The van der Waals surface area contributed by atoms with Crippen molar-refractivity contribution in [2.24, 2.45) is 5.92 Å². The molecule has 1 aromatic carbocycles. The number of carbonyl (C=O) groups is 1. The lowest BCUT2D eigenvalue weighted by molar-refractivity contribution is -0.385. The number of hydrogen-bond acceptors (Lipinski definition) is 3. The summed E-state index contributed by atoms with van der Waals surface area (Å²) in [5.41, 5.74) is -0.0346. The maximum atomic E-state index is 12.1. The number of nitro benzene ring substituents is 1. The molecular formula is C15H22N2O3. The molecule has 0 saturated heterocycles. The van der Waals surface area contributed by atoms with Crippen molar-refractivity contribution >= 4 is 11.6 Å². The quantitative estimate of drug-likeness (QED) is 0.612. The summed E-state index contributed by atoms with van der Waals surface area (Å²) in [6.45, 7) is 6.25. The van der Waals surface area contributed by atoms with Crippen LogP contribution < -0.4 is 5.32 Å². The molecule has 1 amide bonds. The minimum atomic E-state index is -0.529. The Bertz CT molecular complexity index is 472. The number of nitrogens with one attached hydrogen (secondary N) is 1. The highest BCUT2D eigenvalue weighted by Gasteiger charge is 2.20. The van der Waals surface area contributed by atoms with Gasteiger partial charge >= 0.3 is 0 Å². The second-order valence-electron chi connectivity index (χ2n) is 5.47. The lowest BCUT2D eigenvalue weighted by Crippen LogP contribution is -2.32. The number of nitrogens with zero attached hydrogens (tertiary/aromatic N) is 1. The van der Waals surface area contributed by atoms with E-state index in [4.69, 9.17) is 0 Å². The van der Waals surface area contributed by atoms with Crippen molar-refractivity contribution < 1.29 is 9.72 Å². The first kappa shape index (κ1) is 16.1. The maximum Gasteiger partial charge on any atom is 0.282 e. The second kappa shape index (κ2) is 7.62. The summed E-state index contributed by atoms with van der Waals surface area (Å²) < 4.78 is 0. The first-order chi connectivity index (χ1) is 9.41. The van der Waals surface area contributed by atoms with E-state index in [2.05, 4.69) is 19.2 Å². The van der Waals surface area contributed by atoms with Crippen molar-refractivity contribution in [2.45, 2.75) is 46.1 Å². The van der Waals surface area contributed by atoms with Gasteiger partial charge in [-0.25, -0.2) is 0 Å². The van der Waals surface area contributed by atoms with E-state index in [1.807, 2.05) is 6.92 Å². The fourth-order valence-corrected chi connectivity index (χ4v) is 2.03. The average Bonchev–Trinajstić information content (AvgIpc) is 2.38. The van der Waals surface area contributed by atoms with Crippen LogP contribution in [0.4, 0.5) is 5.69 Å². The molecule has 5 nitrogen and oxygen atoms in total. The Kier molecular flexibility index (Phi) is 6.15. The molecule has 5 heteroatoms. The van der Waals surface area contributed by atoms with Crippen LogP contribution in [0.25, 0.3) is 0 Å². The fraction of sp³-hybridized carbons (Fsp3) is 0.533. The van der Waals surface area contributed by atoms with Gasteiger partial charge in [0, 0.05) is 12.1 Å². The number of amides is 1. The number of benzene rings is 1. The Morgan fingerprint density at radius 2 is 1.90 bits per heavy atom. The van der Waals surface area contributed by atoms with Crippen molar-refractivity contribution in [1.29, 1.82) is 0 Å². The van der Waals surface area contributed by atoms with Crippen LogP contribution in [0.1, 0.15) is 50.4 Å². The number of rotatable bonds is 7. The zero-order chi connectivity index (χ0) is 15.1. The lowest BCUT2D eigenvalue weighted by Gasteiger charge is -2.14. The van der Waals surface area contributed by atoms with Crippen LogP contribution in [0.3, 0.4) is 0 Å². The Morgan fingerprint density at radius 3 is 2.50 bits per heavy atom. The molecule has 0 aliphatic carbocycles. The van der Waals surface area contributed by atoms with Crippen molar-refractivity contribution in [3.05, 3.63) is 39.9 Å². The van der Waals surface area contributed by atoms with Crippen LogP contribution in [-0.2, 0) is 0 Å². The molecule has 0 radical (unpaired) electrons. The van der Waals surface area contributed by atoms with E-state index >= 15 is 0 Å². The average molecular weight is 278 g/mol. The molecule has 1 aromatic rings. The smallest absolute Gasteiger partial charge is 0.282 e. The van der Waals surface area contributed by atoms with Gasteiger partial charge in [-0.15, -0.1) is 0 Å². The minimum absolute atomic E-state index is 0.0149. The molecule has 0 saturated carbocycles. The molecule has 0 aromatic heterocycles. The maximum absolute atomic E-state index is 12.1. The SMILES string of the molecule is CC(C)CCC[C@H](C)NC(=O)c1ccccc1[N+](=O)[O-]. The van der Waals surface area contributed by atoms with E-state index in [-0.39, 0.29) is 23.2 Å². The Labute approximate surface area is 119 Å². The van der Waals surface area contributed by atoms with E-state index in [1.54, 1.807) is 12.1 Å². The highest BCUT2D eigenvalue weighted by molar-refractivity contribution is 5.98. The molecule has 0 unspecified atom stereocenters. The highest BCUT2D eigenvalue weighted by Crippen LogP contribution is 2.18. The summed E-state index contributed by atoms with van der Waals surface area (Å²) in [4.78, 5) is 22.4. The normalized spacial score (nSPS) is 12.2. The molecule has 0 heterocycles. The van der Waals surface area contributed by atoms with E-state index in [0.717, 1.165) is 19.3 Å². The zero-order valence-corrected chi connectivity index (χ0v) is 12.3. The lowest BCUT2D eigenvalue weighted by atomic mass is 10.0. The summed E-state index contributed by atoms with van der Waals surface area (Å²) in [6.07, 6.45) is 3.03. The van der Waals surface area contributed by atoms with Gasteiger partial charge in [0.1, 0.15) is 5.56 Å². The highest BCUT2D eigenvalue weighted by atomic mass is 16.6. The molecule has 0 bridgehead atoms. The van der Waals surface area contributed by atoms with Gasteiger partial charge in [0.2, 0.25) is 0 Å². The van der Waals surface area contributed by atoms with Crippen LogP contribution in [0.15, 0.2) is 24.3 Å². The monoisotopic (exact) mass is 278 g/mol. The standard InChI is InChI=1S/C15H22N2O3/c1-11(2)7-6-8-12(3)16-15(18)13-9-4-5-10-14(13)17(19)20/h4-5,9-12H,6-8H2,1-3H3,(H,16,18)/t12-/m0/s1. The van der Waals surface area contributed by atoms with Gasteiger partial charge in [-0.1, -0.05) is 38.8 Å². The van der Waals surface area contributed by atoms with Crippen LogP contribution >= 0.6 is 0 Å². The third-order valence-corrected chi connectivity index (χ3v) is 3.14. The first-order valence-electron chi connectivity index (χ1n) is 6.96. The Morgan fingerprint density at radius 1 is 1.25 bits per heavy atom. The van der Waals surface area contributed by atoms with Gasteiger partial charge in [0.15, 0.2) is 0 Å². The summed E-state index contributed by atoms with van der Waals surface area (Å²) >= 11 is 0. The molecule has 0 aliphatic heterocycles. The first-order valence-corrected chi connectivity index (χ1v) is 6.96. The molecule has 1 atom stereocenters. The summed E-state index contributed by atoms with van der Waals surface area (Å²) in [5, 5.41) is 13.7. The van der Waals surface area contributed by atoms with E-state index in [1.165, 1.54) is 12.1 Å². The van der Waals surface area contributed by atoms with Gasteiger partial charge in [0.25, 0.3) is 11.6 Å². The summed E-state index contributed by atoms with van der Waals surface area (Å²) in [7, 11) is 0. The minimum Gasteiger partial charge on any atom is -0.349 e. The Balaban J connectivity index is 2.60. The number of para-hydroxylation sites is 1. The van der Waals surface area contributed by atoms with Crippen molar-refractivity contribution in [1.82, 2.24) is 5.32 Å². The van der Waals surface area contributed by atoms with Crippen LogP contribution in [0, 0.1) is 16.0 Å². The summed E-state index contributed by atoms with van der Waals surface area (Å²) in [6, 6.07) is 6.03. The fourth-order valence-electron chi connectivity index (χ4n) is 2.03. The van der Waals surface area contributed by atoms with Gasteiger partial charge in [-0.3, -0.25) is 14.9 Å². The Hall–Kier alpha value is -1.91. The van der Waals surface area contributed by atoms with Gasteiger partial charge in [-0.2, -0.15) is 0 Å². The van der Waals surface area contributed by atoms with E-state index < -0.39 is 4.92 Å². The zero-order valence-electron chi connectivity index (χ0n) is 12.3. The molecule has 20 heavy (non-hydrogen) atoms. The van der Waals surface area contributed by atoms with Crippen molar-refractivity contribution in [3.8, 4) is 0 Å². The molecule has 1 N–H and O–H groups in total. The predicted molar refractivity (Wildman–Crippen MR) is 78.7 cm³/mol. The molecule has 0 aliphatic rings. The number of carbonyl (C=O) groups excluding carboxylic acids is 1. The second-order valence-corrected chi connectivity index (χ2v) is 5.47. The van der Waals surface area contributed by atoms with Crippen LogP contribution in [0.5, 0.6) is 0 Å². The summed E-state index contributed by atoms with van der Waals surface area (Å²) in [5.74, 6) is 0.266. The van der Waals surface area contributed by atoms with Gasteiger partial charge in [0.05, 0.1) is 4.92 Å². The van der Waals surface area contributed by atoms with Gasteiger partial charge < -0.3 is 5.32 Å². The third-order valence-electron chi connectivity index (χ3n) is 3.14. The molecule has 110 valence electrons. The third kappa shape index (κ3) is 4.99. The molecule has 1 rings (SSSR count). The van der Waals surface area contributed by atoms with E-state index in [0.29, 0.717) is 5.92 Å². The number of hydrogen-bond donors (Lipinski definition) is 1. The molecule has 0 fully saturated rings. The van der Waals surface area contributed by atoms with Crippen LogP contribution in [-0.4, -0.2) is 16.9 Å². The van der Waals surface area contributed by atoms with Gasteiger partial charge in [-0.05, 0) is 25.3 Å².